The zero-order valence-electron chi connectivity index (χ0n) is 15.5. The molecule has 1 atom stereocenters. The first-order valence-electron chi connectivity index (χ1n) is 9.20. The van der Waals surface area contributed by atoms with Gasteiger partial charge in [0.25, 0.3) is 0 Å². The smallest absolute Gasteiger partial charge is 0.237 e. The summed E-state index contributed by atoms with van der Waals surface area (Å²) >= 11 is 1.44. The molecule has 0 saturated carbocycles. The van der Waals surface area contributed by atoms with Gasteiger partial charge in [-0.1, -0.05) is 55.1 Å². The Labute approximate surface area is 163 Å². The summed E-state index contributed by atoms with van der Waals surface area (Å²) in [6, 6.07) is 16.6. The molecule has 1 aliphatic heterocycles. The predicted molar refractivity (Wildman–Crippen MR) is 109 cm³/mol. The highest BCUT2D eigenvalue weighted by Crippen LogP contribution is 2.33. The molecule has 0 radical (unpaired) electrons. The molecule has 0 fully saturated rings. The van der Waals surface area contributed by atoms with Crippen LogP contribution >= 0.6 is 11.8 Å². The summed E-state index contributed by atoms with van der Waals surface area (Å²) in [6.45, 7) is 4.23. The highest BCUT2D eigenvalue weighted by molar-refractivity contribution is 7.99. The number of anilines is 1. The van der Waals surface area contributed by atoms with Crippen molar-refractivity contribution in [3.05, 3.63) is 66.0 Å². The number of amides is 1. The van der Waals surface area contributed by atoms with Crippen molar-refractivity contribution < 1.29 is 4.79 Å². The molecule has 4 rings (SSSR count). The highest BCUT2D eigenvalue weighted by Gasteiger charge is 2.30. The Balaban J connectivity index is 1.52. The Hall–Kier alpha value is -2.60. The fourth-order valence-electron chi connectivity index (χ4n) is 3.67. The van der Waals surface area contributed by atoms with Gasteiger partial charge < -0.3 is 4.90 Å². The van der Waals surface area contributed by atoms with E-state index in [-0.39, 0.29) is 11.9 Å². The molecule has 2 aromatic carbocycles. The SMILES string of the molecule is CCc1ccccc1-n1cnnc1SCC(=O)N1c2ccccc2C[C@@H]1C. The van der Waals surface area contributed by atoms with Crippen molar-refractivity contribution in [2.45, 2.75) is 37.9 Å². The van der Waals surface area contributed by atoms with E-state index in [4.69, 9.17) is 0 Å². The summed E-state index contributed by atoms with van der Waals surface area (Å²) in [4.78, 5) is 14.9. The first kappa shape index (κ1) is 17.8. The van der Waals surface area contributed by atoms with Crippen LogP contribution in [0.15, 0.2) is 60.0 Å². The van der Waals surface area contributed by atoms with Crippen molar-refractivity contribution >= 4 is 23.4 Å². The van der Waals surface area contributed by atoms with Crippen LogP contribution in [0, 0.1) is 0 Å². The number of aromatic nitrogens is 3. The second-order valence-corrected chi connectivity index (χ2v) is 7.64. The van der Waals surface area contributed by atoms with Crippen LogP contribution in [0.2, 0.25) is 0 Å². The van der Waals surface area contributed by atoms with E-state index in [2.05, 4.69) is 42.2 Å². The summed E-state index contributed by atoms with van der Waals surface area (Å²) in [6.07, 6.45) is 3.56. The van der Waals surface area contributed by atoms with Crippen LogP contribution in [-0.4, -0.2) is 32.5 Å². The van der Waals surface area contributed by atoms with Crippen LogP contribution in [0.1, 0.15) is 25.0 Å². The van der Waals surface area contributed by atoms with Gasteiger partial charge >= 0.3 is 0 Å². The minimum Gasteiger partial charge on any atom is -0.308 e. The molecule has 1 aromatic heterocycles. The number of hydrogen-bond donors (Lipinski definition) is 0. The number of benzene rings is 2. The molecule has 1 aliphatic rings. The van der Waals surface area contributed by atoms with Gasteiger partial charge in [0.2, 0.25) is 5.91 Å². The second kappa shape index (κ2) is 7.56. The Bertz CT molecular complexity index is 968. The normalized spacial score (nSPS) is 15.8. The van der Waals surface area contributed by atoms with Crippen molar-refractivity contribution in [3.8, 4) is 5.69 Å². The number of carbonyl (C=O) groups excluding carboxylic acids is 1. The summed E-state index contributed by atoms with van der Waals surface area (Å²) in [5, 5.41) is 9.04. The van der Waals surface area contributed by atoms with E-state index in [9.17, 15) is 4.79 Å². The number of carbonyl (C=O) groups is 1. The molecule has 6 heteroatoms. The van der Waals surface area contributed by atoms with Gasteiger partial charge in [0.15, 0.2) is 5.16 Å². The van der Waals surface area contributed by atoms with Crippen LogP contribution in [0.3, 0.4) is 0 Å². The fraction of sp³-hybridized carbons (Fsp3) is 0.286. The number of fused-ring (bicyclic) bond motifs is 1. The summed E-state index contributed by atoms with van der Waals surface area (Å²) < 4.78 is 1.97. The van der Waals surface area contributed by atoms with Gasteiger partial charge in [0.1, 0.15) is 6.33 Å². The van der Waals surface area contributed by atoms with Crippen molar-refractivity contribution in [2.75, 3.05) is 10.7 Å². The fourth-order valence-corrected chi connectivity index (χ4v) is 4.46. The van der Waals surface area contributed by atoms with Crippen LogP contribution < -0.4 is 4.90 Å². The third kappa shape index (κ3) is 3.37. The first-order valence-corrected chi connectivity index (χ1v) is 10.2. The van der Waals surface area contributed by atoms with Gasteiger partial charge in [-0.25, -0.2) is 0 Å². The third-order valence-corrected chi connectivity index (χ3v) is 5.88. The van der Waals surface area contributed by atoms with Gasteiger partial charge in [0.05, 0.1) is 11.4 Å². The van der Waals surface area contributed by atoms with Crippen molar-refractivity contribution in [1.29, 1.82) is 0 Å². The number of rotatable bonds is 5. The maximum absolute atomic E-state index is 12.9. The lowest BCUT2D eigenvalue weighted by Gasteiger charge is -2.22. The van der Waals surface area contributed by atoms with Gasteiger partial charge in [-0.05, 0) is 43.0 Å². The Morgan fingerprint density at radius 2 is 1.89 bits per heavy atom. The molecule has 0 bridgehead atoms. The zero-order valence-corrected chi connectivity index (χ0v) is 16.3. The molecule has 1 amide bonds. The first-order chi connectivity index (χ1) is 13.2. The molecule has 138 valence electrons. The summed E-state index contributed by atoms with van der Waals surface area (Å²) in [7, 11) is 0. The molecule has 0 unspecified atom stereocenters. The van der Waals surface area contributed by atoms with E-state index in [1.165, 1.54) is 22.9 Å². The maximum atomic E-state index is 12.9. The molecule has 27 heavy (non-hydrogen) atoms. The van der Waals surface area contributed by atoms with E-state index in [0.717, 1.165) is 29.4 Å². The van der Waals surface area contributed by atoms with Gasteiger partial charge in [-0.15, -0.1) is 10.2 Å². The summed E-state index contributed by atoms with van der Waals surface area (Å²) in [5.41, 5.74) is 4.57. The molecular formula is C21H22N4OS. The molecular weight excluding hydrogens is 356 g/mol. The van der Waals surface area contributed by atoms with Gasteiger partial charge in [-0.3, -0.25) is 9.36 Å². The molecule has 0 saturated heterocycles. The quantitative estimate of drug-likeness (QED) is 0.632. The van der Waals surface area contributed by atoms with Crippen molar-refractivity contribution in [2.24, 2.45) is 0 Å². The number of para-hydroxylation sites is 2. The largest absolute Gasteiger partial charge is 0.308 e. The molecule has 5 nitrogen and oxygen atoms in total. The number of hydrogen-bond acceptors (Lipinski definition) is 4. The number of nitrogens with zero attached hydrogens (tertiary/aromatic N) is 4. The van der Waals surface area contributed by atoms with E-state index in [0.29, 0.717) is 5.75 Å². The lowest BCUT2D eigenvalue weighted by atomic mass is 10.1. The maximum Gasteiger partial charge on any atom is 0.237 e. The van der Waals surface area contributed by atoms with Crippen LogP contribution in [0.4, 0.5) is 5.69 Å². The van der Waals surface area contributed by atoms with E-state index in [1.807, 2.05) is 39.8 Å². The molecule has 0 aliphatic carbocycles. The standard InChI is InChI=1S/C21H22N4OS/c1-3-16-8-4-6-10-18(16)24-14-22-23-21(24)27-13-20(26)25-15(2)12-17-9-5-7-11-19(17)25/h4-11,14-15H,3,12-13H2,1-2H3/t15-/m0/s1. The average Bonchev–Trinajstić information content (AvgIpc) is 3.29. The summed E-state index contributed by atoms with van der Waals surface area (Å²) in [5.74, 6) is 0.446. The zero-order chi connectivity index (χ0) is 18.8. The Morgan fingerprint density at radius 1 is 1.15 bits per heavy atom. The molecule has 0 N–H and O–H groups in total. The minimum atomic E-state index is 0.107. The second-order valence-electron chi connectivity index (χ2n) is 6.70. The van der Waals surface area contributed by atoms with E-state index >= 15 is 0 Å². The molecule has 3 aromatic rings. The topological polar surface area (TPSA) is 51.0 Å². The van der Waals surface area contributed by atoms with Crippen molar-refractivity contribution in [3.63, 3.8) is 0 Å². The lowest BCUT2D eigenvalue weighted by Crippen LogP contribution is -2.37. The Morgan fingerprint density at radius 3 is 2.70 bits per heavy atom. The number of aryl methyl sites for hydroxylation is 1. The lowest BCUT2D eigenvalue weighted by molar-refractivity contribution is -0.116. The van der Waals surface area contributed by atoms with E-state index < -0.39 is 0 Å². The predicted octanol–water partition coefficient (Wildman–Crippen LogP) is 3.90. The van der Waals surface area contributed by atoms with Gasteiger partial charge in [0, 0.05) is 11.7 Å². The van der Waals surface area contributed by atoms with E-state index in [1.54, 1.807) is 6.33 Å². The molecule has 2 heterocycles. The Kier molecular flexibility index (Phi) is 4.99. The highest BCUT2D eigenvalue weighted by atomic mass is 32.2. The minimum absolute atomic E-state index is 0.107. The van der Waals surface area contributed by atoms with Crippen molar-refractivity contribution in [1.82, 2.24) is 14.8 Å². The monoisotopic (exact) mass is 378 g/mol. The van der Waals surface area contributed by atoms with Crippen LogP contribution in [0.25, 0.3) is 5.69 Å². The molecule has 0 spiro atoms. The van der Waals surface area contributed by atoms with Crippen LogP contribution in [0.5, 0.6) is 0 Å². The average molecular weight is 379 g/mol. The third-order valence-electron chi connectivity index (χ3n) is 4.95. The van der Waals surface area contributed by atoms with Gasteiger partial charge in [-0.2, -0.15) is 0 Å². The number of thioether (sulfide) groups is 1. The van der Waals surface area contributed by atoms with Crippen LogP contribution in [-0.2, 0) is 17.6 Å².